The van der Waals surface area contributed by atoms with Crippen molar-refractivity contribution in [1.82, 2.24) is 4.98 Å². The number of anilines is 1. The van der Waals surface area contributed by atoms with Gasteiger partial charge in [0.15, 0.2) is 0 Å². The van der Waals surface area contributed by atoms with Crippen LogP contribution < -0.4 is 5.32 Å². The van der Waals surface area contributed by atoms with Gasteiger partial charge in [0.1, 0.15) is 5.82 Å². The van der Waals surface area contributed by atoms with Gasteiger partial charge in [0.25, 0.3) is 0 Å². The molecule has 1 aromatic heterocycles. The summed E-state index contributed by atoms with van der Waals surface area (Å²) in [6, 6.07) is 2.01. The number of hydrogen-bond donors (Lipinski definition) is 1. The first-order valence-corrected chi connectivity index (χ1v) is 4.60. The molecule has 10 heavy (non-hydrogen) atoms. The van der Waals surface area contributed by atoms with Gasteiger partial charge in [-0.15, -0.1) is 0 Å². The molecule has 0 radical (unpaired) electrons. The summed E-state index contributed by atoms with van der Waals surface area (Å²) in [5.41, 5.74) is 0. The maximum absolute atomic E-state index is 4.13. The van der Waals surface area contributed by atoms with Crippen LogP contribution in [0.3, 0.4) is 0 Å². The SMILES string of the molecule is CNc1ncc(I)cc1Br. The van der Waals surface area contributed by atoms with Crippen LogP contribution in [0, 0.1) is 3.57 Å². The topological polar surface area (TPSA) is 24.9 Å². The maximum atomic E-state index is 4.13. The van der Waals surface area contributed by atoms with E-state index in [2.05, 4.69) is 48.8 Å². The first kappa shape index (κ1) is 8.26. The van der Waals surface area contributed by atoms with Crippen LogP contribution in [0.2, 0.25) is 0 Å². The highest BCUT2D eigenvalue weighted by atomic mass is 127. The standard InChI is InChI=1S/C6H6BrIN2/c1-9-6-5(7)2-4(8)3-10-6/h2-3H,1H3,(H,9,10). The van der Waals surface area contributed by atoms with E-state index in [1.54, 1.807) is 0 Å². The third kappa shape index (κ3) is 1.82. The van der Waals surface area contributed by atoms with E-state index in [0.29, 0.717) is 0 Å². The Labute approximate surface area is 81.7 Å². The van der Waals surface area contributed by atoms with Crippen LogP contribution in [-0.2, 0) is 0 Å². The molecule has 0 aliphatic carbocycles. The van der Waals surface area contributed by atoms with Crippen LogP contribution in [0.4, 0.5) is 5.82 Å². The summed E-state index contributed by atoms with van der Waals surface area (Å²) in [6.45, 7) is 0. The Bertz CT molecular complexity index is 239. The van der Waals surface area contributed by atoms with E-state index in [0.717, 1.165) is 13.9 Å². The van der Waals surface area contributed by atoms with Gasteiger partial charge in [0.05, 0.1) is 4.47 Å². The summed E-state index contributed by atoms with van der Waals surface area (Å²) < 4.78 is 2.13. The first-order valence-electron chi connectivity index (χ1n) is 2.73. The van der Waals surface area contributed by atoms with Crippen LogP contribution in [0.1, 0.15) is 0 Å². The summed E-state index contributed by atoms with van der Waals surface area (Å²) in [5, 5.41) is 2.96. The van der Waals surface area contributed by atoms with E-state index < -0.39 is 0 Å². The zero-order chi connectivity index (χ0) is 7.56. The van der Waals surface area contributed by atoms with Gasteiger partial charge in [-0.05, 0) is 44.6 Å². The van der Waals surface area contributed by atoms with E-state index >= 15 is 0 Å². The second-order valence-electron chi connectivity index (χ2n) is 1.73. The molecule has 1 rings (SSSR count). The zero-order valence-electron chi connectivity index (χ0n) is 5.36. The number of hydrogen-bond acceptors (Lipinski definition) is 2. The van der Waals surface area contributed by atoms with Gasteiger partial charge in [-0.2, -0.15) is 0 Å². The predicted molar refractivity (Wildman–Crippen MR) is 54.2 cm³/mol. The lowest BCUT2D eigenvalue weighted by molar-refractivity contribution is 1.25. The van der Waals surface area contributed by atoms with Crippen molar-refractivity contribution in [1.29, 1.82) is 0 Å². The molecule has 0 spiro atoms. The average Bonchev–Trinajstić information content (AvgIpc) is 1.88. The summed E-state index contributed by atoms with van der Waals surface area (Å²) >= 11 is 5.60. The smallest absolute Gasteiger partial charge is 0.140 e. The van der Waals surface area contributed by atoms with Crippen molar-refractivity contribution in [2.75, 3.05) is 12.4 Å². The van der Waals surface area contributed by atoms with Crippen molar-refractivity contribution in [2.24, 2.45) is 0 Å². The highest BCUT2D eigenvalue weighted by molar-refractivity contribution is 14.1. The molecular formula is C6H6BrIN2. The molecule has 1 N–H and O–H groups in total. The van der Waals surface area contributed by atoms with Gasteiger partial charge < -0.3 is 5.32 Å². The molecule has 4 heteroatoms. The Kier molecular flexibility index (Phi) is 2.91. The third-order valence-electron chi connectivity index (χ3n) is 1.04. The Morgan fingerprint density at radius 2 is 2.40 bits per heavy atom. The van der Waals surface area contributed by atoms with Crippen LogP contribution in [0.25, 0.3) is 0 Å². The van der Waals surface area contributed by atoms with Crippen molar-refractivity contribution >= 4 is 44.3 Å². The van der Waals surface area contributed by atoms with Crippen molar-refractivity contribution in [3.8, 4) is 0 Å². The van der Waals surface area contributed by atoms with E-state index in [1.165, 1.54) is 0 Å². The Hall–Kier alpha value is 0.160. The molecule has 0 fully saturated rings. The number of aromatic nitrogens is 1. The summed E-state index contributed by atoms with van der Waals surface area (Å²) in [6.07, 6.45) is 1.82. The molecule has 0 bridgehead atoms. The van der Waals surface area contributed by atoms with Crippen molar-refractivity contribution < 1.29 is 0 Å². The maximum Gasteiger partial charge on any atom is 0.140 e. The molecule has 54 valence electrons. The normalized spacial score (nSPS) is 9.50. The fraction of sp³-hybridized carbons (Fsp3) is 0.167. The summed E-state index contributed by atoms with van der Waals surface area (Å²) in [7, 11) is 1.85. The van der Waals surface area contributed by atoms with Gasteiger partial charge in [0.2, 0.25) is 0 Å². The molecule has 0 atom stereocenters. The zero-order valence-corrected chi connectivity index (χ0v) is 9.10. The number of rotatable bonds is 1. The van der Waals surface area contributed by atoms with Crippen LogP contribution in [0.5, 0.6) is 0 Å². The van der Waals surface area contributed by atoms with E-state index in [1.807, 2.05) is 19.3 Å². The molecule has 1 heterocycles. The molecule has 0 amide bonds. The molecule has 0 aromatic carbocycles. The second-order valence-corrected chi connectivity index (χ2v) is 3.83. The number of halogens is 2. The molecule has 0 saturated heterocycles. The Balaban J connectivity index is 3.07. The van der Waals surface area contributed by atoms with Crippen LogP contribution in [0.15, 0.2) is 16.7 Å². The van der Waals surface area contributed by atoms with Crippen LogP contribution in [-0.4, -0.2) is 12.0 Å². The lowest BCUT2D eigenvalue weighted by Gasteiger charge is -2.00. The lowest BCUT2D eigenvalue weighted by atomic mass is 10.5. The molecule has 0 saturated carbocycles. The molecule has 0 aliphatic heterocycles. The largest absolute Gasteiger partial charge is 0.372 e. The van der Waals surface area contributed by atoms with E-state index in [-0.39, 0.29) is 0 Å². The minimum atomic E-state index is 0.875. The molecule has 0 aliphatic rings. The summed E-state index contributed by atoms with van der Waals surface area (Å²) in [4.78, 5) is 4.13. The molecule has 2 nitrogen and oxygen atoms in total. The van der Waals surface area contributed by atoms with Gasteiger partial charge in [-0.3, -0.25) is 0 Å². The van der Waals surface area contributed by atoms with Crippen molar-refractivity contribution in [3.05, 3.63) is 20.3 Å². The van der Waals surface area contributed by atoms with Gasteiger partial charge in [0, 0.05) is 16.8 Å². The highest BCUT2D eigenvalue weighted by Gasteiger charge is 1.97. The van der Waals surface area contributed by atoms with Crippen molar-refractivity contribution in [3.63, 3.8) is 0 Å². The number of nitrogens with zero attached hydrogens (tertiary/aromatic N) is 1. The van der Waals surface area contributed by atoms with Crippen LogP contribution >= 0.6 is 38.5 Å². The molecular weight excluding hydrogens is 307 g/mol. The van der Waals surface area contributed by atoms with Gasteiger partial charge in [-0.1, -0.05) is 0 Å². The minimum Gasteiger partial charge on any atom is -0.372 e. The Morgan fingerprint density at radius 1 is 1.70 bits per heavy atom. The molecule has 0 unspecified atom stereocenters. The third-order valence-corrected chi connectivity index (χ3v) is 2.24. The fourth-order valence-electron chi connectivity index (χ4n) is 0.599. The van der Waals surface area contributed by atoms with E-state index in [4.69, 9.17) is 0 Å². The monoisotopic (exact) mass is 312 g/mol. The second kappa shape index (κ2) is 3.52. The minimum absolute atomic E-state index is 0.875. The predicted octanol–water partition coefficient (Wildman–Crippen LogP) is 2.49. The summed E-state index contributed by atoms with van der Waals surface area (Å²) in [5.74, 6) is 0.875. The van der Waals surface area contributed by atoms with E-state index in [9.17, 15) is 0 Å². The average molecular weight is 313 g/mol. The Morgan fingerprint density at radius 3 is 2.90 bits per heavy atom. The van der Waals surface area contributed by atoms with Crippen molar-refractivity contribution in [2.45, 2.75) is 0 Å². The van der Waals surface area contributed by atoms with Gasteiger partial charge in [-0.25, -0.2) is 4.98 Å². The highest BCUT2D eigenvalue weighted by Crippen LogP contribution is 2.20. The lowest BCUT2D eigenvalue weighted by Crippen LogP contribution is -1.92. The number of pyridine rings is 1. The fourth-order valence-corrected chi connectivity index (χ4v) is 2.02. The number of nitrogens with one attached hydrogen (secondary N) is 1. The quantitative estimate of drug-likeness (QED) is 0.806. The first-order chi connectivity index (χ1) is 4.74. The van der Waals surface area contributed by atoms with Gasteiger partial charge >= 0.3 is 0 Å². The molecule has 1 aromatic rings.